The van der Waals surface area contributed by atoms with Gasteiger partial charge in [-0.1, -0.05) is 0 Å². The third-order valence-corrected chi connectivity index (χ3v) is 7.34. The molecule has 5 rings (SSSR count). The lowest BCUT2D eigenvalue weighted by atomic mass is 10.0. The number of pyridine rings is 3. The number of β-amino-alcohol motifs (C(OH)–C–C–N with tert-alkyl or cyclic N) is 1. The number of amides is 1. The zero-order valence-electron chi connectivity index (χ0n) is 19.3. The first-order chi connectivity index (χ1) is 17.0. The first kappa shape index (κ1) is 23.9. The highest BCUT2D eigenvalue weighted by Gasteiger charge is 2.30. The summed E-state index contributed by atoms with van der Waals surface area (Å²) in [5.41, 5.74) is 2.65. The van der Waals surface area contributed by atoms with Crippen LogP contribution in [0.4, 0.5) is 10.2 Å². The van der Waals surface area contributed by atoms with E-state index in [4.69, 9.17) is 4.74 Å². The maximum absolute atomic E-state index is 15.0. The second-order valence-corrected chi connectivity index (χ2v) is 9.69. The first-order valence-corrected chi connectivity index (χ1v) is 12.5. The Labute approximate surface area is 206 Å². The highest BCUT2D eigenvalue weighted by atomic mass is 32.2. The molecular formula is C24H27FN6O3S. The number of aromatic nitrogens is 3. The number of methoxy groups -OCH3 is 1. The van der Waals surface area contributed by atoms with Gasteiger partial charge in [-0.25, -0.2) is 14.4 Å². The number of nitrogens with one attached hydrogen (secondary N) is 2. The summed E-state index contributed by atoms with van der Waals surface area (Å²) in [5, 5.41) is 17.0. The minimum Gasteiger partial charge on any atom is -0.481 e. The van der Waals surface area contributed by atoms with Gasteiger partial charge in [-0.2, -0.15) is 0 Å². The van der Waals surface area contributed by atoms with E-state index in [1.807, 2.05) is 17.0 Å². The molecule has 0 radical (unpaired) electrons. The SMILES string of the molecule is COc1ccc2nccc([C@@H](O)CN3CCC(NCc4ccc5c(n4)NC(=O)CS5)C(F)C3)c2n1. The van der Waals surface area contributed by atoms with E-state index in [-0.39, 0.29) is 18.5 Å². The molecule has 5 heterocycles. The van der Waals surface area contributed by atoms with E-state index in [9.17, 15) is 9.90 Å². The molecule has 0 bridgehead atoms. The summed E-state index contributed by atoms with van der Waals surface area (Å²) in [6.45, 7) is 1.59. The second-order valence-electron chi connectivity index (χ2n) is 8.68. The molecule has 1 fully saturated rings. The van der Waals surface area contributed by atoms with Gasteiger partial charge in [0.2, 0.25) is 11.8 Å². The van der Waals surface area contributed by atoms with Crippen molar-refractivity contribution in [2.45, 2.75) is 36.2 Å². The Balaban J connectivity index is 1.17. The zero-order chi connectivity index (χ0) is 24.4. The molecule has 0 saturated carbocycles. The monoisotopic (exact) mass is 498 g/mol. The van der Waals surface area contributed by atoms with E-state index >= 15 is 4.39 Å². The van der Waals surface area contributed by atoms with Crippen molar-refractivity contribution in [3.63, 3.8) is 0 Å². The number of rotatable bonds is 7. The number of carbonyl (C=O) groups excluding carboxylic acids is 1. The lowest BCUT2D eigenvalue weighted by Crippen LogP contribution is -2.51. The van der Waals surface area contributed by atoms with E-state index < -0.39 is 12.3 Å². The third kappa shape index (κ3) is 5.37. The van der Waals surface area contributed by atoms with Crippen LogP contribution in [0.2, 0.25) is 0 Å². The van der Waals surface area contributed by atoms with Gasteiger partial charge >= 0.3 is 0 Å². The van der Waals surface area contributed by atoms with E-state index in [0.717, 1.165) is 10.6 Å². The van der Waals surface area contributed by atoms with Gasteiger partial charge in [0.25, 0.3) is 0 Å². The topological polar surface area (TPSA) is 113 Å². The first-order valence-electron chi connectivity index (χ1n) is 11.5. The Bertz CT molecular complexity index is 1230. The van der Waals surface area contributed by atoms with Gasteiger partial charge in [0.15, 0.2) is 0 Å². The fourth-order valence-electron chi connectivity index (χ4n) is 4.45. The van der Waals surface area contributed by atoms with Gasteiger partial charge in [-0.15, -0.1) is 11.8 Å². The third-order valence-electron chi connectivity index (χ3n) is 6.29. The fourth-order valence-corrected chi connectivity index (χ4v) is 5.21. The molecule has 3 aromatic rings. The van der Waals surface area contributed by atoms with Crippen molar-refractivity contribution in [2.75, 3.05) is 37.8 Å². The number of alkyl halides is 1. The summed E-state index contributed by atoms with van der Waals surface area (Å²) < 4.78 is 20.2. The molecule has 3 atom stereocenters. The molecule has 3 aromatic heterocycles. The number of ether oxygens (including phenoxy) is 1. The Kier molecular flexibility index (Phi) is 7.09. The Morgan fingerprint density at radius 3 is 3.03 bits per heavy atom. The van der Waals surface area contributed by atoms with Crippen LogP contribution in [0.1, 0.15) is 23.8 Å². The quantitative estimate of drug-likeness (QED) is 0.452. The van der Waals surface area contributed by atoms with E-state index in [0.29, 0.717) is 60.1 Å². The number of aliphatic hydroxyl groups excluding tert-OH is 1. The zero-order valence-corrected chi connectivity index (χ0v) is 20.1. The largest absolute Gasteiger partial charge is 0.481 e. The summed E-state index contributed by atoms with van der Waals surface area (Å²) >= 11 is 1.46. The van der Waals surface area contributed by atoms with Gasteiger partial charge in [-0.05, 0) is 37.2 Å². The number of aliphatic hydroxyl groups is 1. The van der Waals surface area contributed by atoms with Crippen molar-refractivity contribution >= 4 is 34.5 Å². The van der Waals surface area contributed by atoms with Crippen LogP contribution in [0.15, 0.2) is 41.4 Å². The smallest absolute Gasteiger partial charge is 0.235 e. The molecule has 2 aliphatic rings. The van der Waals surface area contributed by atoms with Gasteiger partial charge in [0.1, 0.15) is 12.0 Å². The molecule has 0 aromatic carbocycles. The maximum atomic E-state index is 15.0. The second kappa shape index (κ2) is 10.4. The average molecular weight is 499 g/mol. The molecule has 1 saturated heterocycles. The van der Waals surface area contributed by atoms with Crippen molar-refractivity contribution in [1.82, 2.24) is 25.2 Å². The van der Waals surface area contributed by atoms with Gasteiger partial charge in [0, 0.05) is 43.5 Å². The Morgan fingerprint density at radius 2 is 2.20 bits per heavy atom. The number of nitrogens with zero attached hydrogens (tertiary/aromatic N) is 4. The van der Waals surface area contributed by atoms with Crippen LogP contribution in [-0.4, -0.2) is 75.6 Å². The summed E-state index contributed by atoms with van der Waals surface area (Å²) in [6.07, 6.45) is 0.331. The lowest BCUT2D eigenvalue weighted by Gasteiger charge is -2.36. The highest BCUT2D eigenvalue weighted by molar-refractivity contribution is 8.00. The van der Waals surface area contributed by atoms with Crippen LogP contribution in [0.3, 0.4) is 0 Å². The number of thioether (sulfide) groups is 1. The maximum Gasteiger partial charge on any atom is 0.235 e. The predicted molar refractivity (Wildman–Crippen MR) is 131 cm³/mol. The van der Waals surface area contributed by atoms with E-state index in [2.05, 4.69) is 25.6 Å². The minimum atomic E-state index is -1.09. The molecule has 0 spiro atoms. The summed E-state index contributed by atoms with van der Waals surface area (Å²) in [4.78, 5) is 27.7. The number of hydrogen-bond acceptors (Lipinski definition) is 9. The van der Waals surface area contributed by atoms with E-state index in [1.165, 1.54) is 11.8 Å². The molecule has 0 aliphatic carbocycles. The molecule has 2 unspecified atom stereocenters. The number of fused-ring (bicyclic) bond motifs is 2. The van der Waals surface area contributed by atoms with Crippen LogP contribution < -0.4 is 15.4 Å². The predicted octanol–water partition coefficient (Wildman–Crippen LogP) is 2.31. The molecular weight excluding hydrogens is 471 g/mol. The number of anilines is 1. The molecule has 2 aliphatic heterocycles. The van der Waals surface area contributed by atoms with Crippen molar-refractivity contribution in [3.05, 3.63) is 47.8 Å². The lowest BCUT2D eigenvalue weighted by molar-refractivity contribution is -0.113. The van der Waals surface area contributed by atoms with E-state index in [1.54, 1.807) is 31.5 Å². The normalized spacial score (nSPS) is 21.4. The van der Waals surface area contributed by atoms with Crippen molar-refractivity contribution in [2.24, 2.45) is 0 Å². The fraction of sp³-hybridized carbons (Fsp3) is 0.417. The minimum absolute atomic E-state index is 0.0619. The van der Waals surface area contributed by atoms with Crippen molar-refractivity contribution in [1.29, 1.82) is 0 Å². The molecule has 3 N–H and O–H groups in total. The number of hydrogen-bond donors (Lipinski definition) is 3. The Morgan fingerprint density at radius 1 is 1.31 bits per heavy atom. The van der Waals surface area contributed by atoms with Crippen molar-refractivity contribution < 1.29 is 19.0 Å². The number of piperidine rings is 1. The summed E-state index contributed by atoms with van der Waals surface area (Å²) in [7, 11) is 1.54. The highest BCUT2D eigenvalue weighted by Crippen LogP contribution is 2.30. The van der Waals surface area contributed by atoms with Gasteiger partial charge < -0.3 is 20.5 Å². The summed E-state index contributed by atoms with van der Waals surface area (Å²) in [6, 6.07) is 8.80. The van der Waals surface area contributed by atoms with Crippen LogP contribution in [-0.2, 0) is 11.3 Å². The van der Waals surface area contributed by atoms with Crippen LogP contribution in [0.25, 0.3) is 11.0 Å². The molecule has 11 heteroatoms. The Hall–Kier alpha value is -2.86. The number of likely N-dealkylation sites (tertiary alicyclic amines) is 1. The van der Waals surface area contributed by atoms with Crippen LogP contribution >= 0.6 is 11.8 Å². The number of carbonyl (C=O) groups is 1. The average Bonchev–Trinajstić information content (AvgIpc) is 2.87. The molecule has 1 amide bonds. The van der Waals surface area contributed by atoms with Gasteiger partial charge in [-0.3, -0.25) is 14.7 Å². The molecule has 35 heavy (non-hydrogen) atoms. The molecule has 184 valence electrons. The van der Waals surface area contributed by atoms with Gasteiger partial charge in [0.05, 0.1) is 40.6 Å². The van der Waals surface area contributed by atoms with Crippen LogP contribution in [0, 0.1) is 0 Å². The van der Waals surface area contributed by atoms with Crippen molar-refractivity contribution in [3.8, 4) is 5.88 Å². The summed E-state index contributed by atoms with van der Waals surface area (Å²) in [5.74, 6) is 1.35. The standard InChI is InChI=1S/C24H27FN6O3S/c1-34-22-5-3-18-23(30-22)15(6-8-26-18)19(32)12-31-9-7-17(16(25)11-31)27-10-14-2-4-20-24(28-14)29-21(33)13-35-20/h2-6,8,16-17,19,27,32H,7,9-13H2,1H3,(H,28,29,33)/t16?,17?,19-/m0/s1. The number of halogens is 1. The van der Waals surface area contributed by atoms with Crippen LogP contribution in [0.5, 0.6) is 5.88 Å². The molecule has 9 nitrogen and oxygen atoms in total.